The van der Waals surface area contributed by atoms with Crippen molar-refractivity contribution >= 4 is 17.3 Å². The Labute approximate surface area is 170 Å². The fraction of sp³-hybridized carbons (Fsp3) is 0.450. The van der Waals surface area contributed by atoms with E-state index in [-0.39, 0.29) is 17.5 Å². The molecular weight excluding hydrogens is 374 g/mol. The zero-order valence-corrected chi connectivity index (χ0v) is 16.8. The van der Waals surface area contributed by atoms with Gasteiger partial charge < -0.3 is 20.5 Å². The van der Waals surface area contributed by atoms with Gasteiger partial charge in [0.05, 0.1) is 18.6 Å². The van der Waals surface area contributed by atoms with Crippen LogP contribution in [-0.2, 0) is 6.54 Å². The highest BCUT2D eigenvalue weighted by Gasteiger charge is 2.21. The summed E-state index contributed by atoms with van der Waals surface area (Å²) in [6, 6.07) is 9.30. The lowest BCUT2D eigenvalue weighted by molar-refractivity contribution is -0.384. The van der Waals surface area contributed by atoms with E-state index in [4.69, 9.17) is 15.2 Å². The number of nitro groups is 1. The molecule has 0 atom stereocenters. The lowest BCUT2D eigenvalue weighted by atomic mass is 10.0. The predicted molar refractivity (Wildman–Crippen MR) is 111 cm³/mol. The van der Waals surface area contributed by atoms with E-state index in [9.17, 15) is 10.1 Å². The van der Waals surface area contributed by atoms with Crippen molar-refractivity contribution < 1.29 is 14.4 Å². The molecule has 0 amide bonds. The topological polar surface area (TPSA) is 116 Å². The van der Waals surface area contributed by atoms with Crippen LogP contribution < -0.4 is 20.5 Å². The van der Waals surface area contributed by atoms with Crippen LogP contribution in [0.15, 0.2) is 30.3 Å². The van der Waals surface area contributed by atoms with Crippen molar-refractivity contribution in [3.8, 4) is 11.5 Å². The maximum atomic E-state index is 10.8. The van der Waals surface area contributed by atoms with Crippen molar-refractivity contribution in [1.29, 1.82) is 0 Å². The van der Waals surface area contributed by atoms with Crippen LogP contribution in [0, 0.1) is 10.1 Å². The monoisotopic (exact) mass is 401 g/mol. The Morgan fingerprint density at radius 3 is 2.66 bits per heavy atom. The number of nitrogens with zero attached hydrogens (tertiary/aromatic N) is 3. The Hall–Kier alpha value is -3.07. The van der Waals surface area contributed by atoms with Crippen LogP contribution >= 0.6 is 0 Å². The molecule has 156 valence electrons. The quantitative estimate of drug-likeness (QED) is 0.512. The van der Waals surface area contributed by atoms with E-state index in [2.05, 4.69) is 21.3 Å². The highest BCUT2D eigenvalue weighted by Crippen LogP contribution is 2.29. The summed E-state index contributed by atoms with van der Waals surface area (Å²) in [6.45, 7) is 5.28. The summed E-state index contributed by atoms with van der Waals surface area (Å²) in [5.41, 5.74) is 6.69. The average molecular weight is 401 g/mol. The second-order valence-electron chi connectivity index (χ2n) is 6.97. The van der Waals surface area contributed by atoms with Crippen molar-refractivity contribution in [2.45, 2.75) is 32.4 Å². The van der Waals surface area contributed by atoms with Gasteiger partial charge >= 0.3 is 5.69 Å². The number of nitrogens with two attached hydrogens (primary N) is 1. The molecular formula is C20H27N5O4. The van der Waals surface area contributed by atoms with Gasteiger partial charge in [0.25, 0.3) is 0 Å². The molecule has 0 radical (unpaired) electrons. The van der Waals surface area contributed by atoms with Crippen molar-refractivity contribution in [3.63, 3.8) is 0 Å². The number of ether oxygens (including phenoxy) is 2. The summed E-state index contributed by atoms with van der Waals surface area (Å²) in [5.74, 6) is 2.02. The molecule has 1 aliphatic heterocycles. The zero-order valence-electron chi connectivity index (χ0n) is 16.8. The summed E-state index contributed by atoms with van der Waals surface area (Å²) in [7, 11) is 1.64. The Balaban J connectivity index is 1.54. The maximum Gasteiger partial charge on any atom is 0.311 e. The normalized spacial score (nSPS) is 15.1. The molecule has 2 aromatic rings. The first-order valence-electron chi connectivity index (χ1n) is 9.69. The molecule has 29 heavy (non-hydrogen) atoms. The van der Waals surface area contributed by atoms with Crippen LogP contribution in [0.4, 0.5) is 17.3 Å². The molecule has 3 rings (SSSR count). The fourth-order valence-electron chi connectivity index (χ4n) is 3.49. The van der Waals surface area contributed by atoms with Crippen molar-refractivity contribution in [2.24, 2.45) is 0 Å². The Morgan fingerprint density at radius 2 is 2.03 bits per heavy atom. The van der Waals surface area contributed by atoms with E-state index in [1.165, 1.54) is 11.6 Å². The van der Waals surface area contributed by atoms with Gasteiger partial charge in [0.15, 0.2) is 11.5 Å². The zero-order chi connectivity index (χ0) is 20.8. The second-order valence-corrected chi connectivity index (χ2v) is 6.97. The van der Waals surface area contributed by atoms with E-state index >= 15 is 0 Å². The molecule has 3 N–H and O–H groups in total. The molecule has 1 saturated heterocycles. The van der Waals surface area contributed by atoms with Gasteiger partial charge in [-0.3, -0.25) is 15.0 Å². The van der Waals surface area contributed by atoms with Crippen molar-refractivity contribution in [2.75, 3.05) is 37.9 Å². The van der Waals surface area contributed by atoms with Crippen LogP contribution in [0.3, 0.4) is 0 Å². The molecule has 0 aliphatic carbocycles. The van der Waals surface area contributed by atoms with Gasteiger partial charge in [0.2, 0.25) is 5.82 Å². The van der Waals surface area contributed by atoms with Gasteiger partial charge in [0.1, 0.15) is 5.82 Å². The summed E-state index contributed by atoms with van der Waals surface area (Å²) in [6.07, 6.45) is 1.90. The number of nitrogens with one attached hydrogen (secondary N) is 1. The fourth-order valence-corrected chi connectivity index (χ4v) is 3.49. The Bertz CT molecular complexity index is 853. The van der Waals surface area contributed by atoms with Gasteiger partial charge in [-0.15, -0.1) is 0 Å². The standard InChI is InChI=1S/C20H27N5O4/c1-3-29-18-12-14(4-6-17(18)28-2)13-24-10-8-15(9-11-24)22-19-7-5-16(25(26)27)20(21)23-19/h4-7,12,15H,3,8-11,13H2,1-2H3,(H3,21,22,23). The summed E-state index contributed by atoms with van der Waals surface area (Å²) >= 11 is 0. The highest BCUT2D eigenvalue weighted by molar-refractivity contribution is 5.57. The number of nitrogen functional groups attached to an aromatic ring is 1. The molecule has 9 nitrogen and oxygen atoms in total. The second kappa shape index (κ2) is 9.42. The number of pyridine rings is 1. The third-order valence-electron chi connectivity index (χ3n) is 4.97. The minimum Gasteiger partial charge on any atom is -0.493 e. The van der Waals surface area contributed by atoms with Gasteiger partial charge in [-0.2, -0.15) is 0 Å². The molecule has 1 aromatic carbocycles. The molecule has 9 heteroatoms. The van der Waals surface area contributed by atoms with Crippen LogP contribution in [0.2, 0.25) is 0 Å². The first kappa shape index (κ1) is 20.7. The van der Waals surface area contributed by atoms with Gasteiger partial charge in [-0.05, 0) is 43.5 Å². The van der Waals surface area contributed by atoms with Crippen LogP contribution in [0.5, 0.6) is 11.5 Å². The summed E-state index contributed by atoms with van der Waals surface area (Å²) < 4.78 is 11.0. The number of benzene rings is 1. The molecule has 1 aliphatic rings. The number of rotatable bonds is 8. The summed E-state index contributed by atoms with van der Waals surface area (Å²) in [5, 5.41) is 14.2. The van der Waals surface area contributed by atoms with E-state index in [0.717, 1.165) is 44.0 Å². The molecule has 0 bridgehead atoms. The van der Waals surface area contributed by atoms with Crippen molar-refractivity contribution in [1.82, 2.24) is 9.88 Å². The van der Waals surface area contributed by atoms with E-state index < -0.39 is 4.92 Å². The lowest BCUT2D eigenvalue weighted by Crippen LogP contribution is -2.38. The van der Waals surface area contributed by atoms with E-state index in [1.54, 1.807) is 13.2 Å². The molecule has 0 saturated carbocycles. The third-order valence-corrected chi connectivity index (χ3v) is 4.97. The lowest BCUT2D eigenvalue weighted by Gasteiger charge is -2.32. The van der Waals surface area contributed by atoms with Crippen LogP contribution in [0.1, 0.15) is 25.3 Å². The molecule has 1 aromatic heterocycles. The SMILES string of the molecule is CCOc1cc(CN2CCC(Nc3ccc([N+](=O)[O-])c(N)n3)CC2)ccc1OC. The minimum absolute atomic E-state index is 0.0676. The van der Waals surface area contributed by atoms with Crippen LogP contribution in [-0.4, -0.2) is 47.7 Å². The number of hydrogen-bond acceptors (Lipinski definition) is 8. The number of anilines is 2. The van der Waals surface area contributed by atoms with Gasteiger partial charge in [0, 0.05) is 31.7 Å². The van der Waals surface area contributed by atoms with Crippen LogP contribution in [0.25, 0.3) is 0 Å². The van der Waals surface area contributed by atoms with E-state index in [0.29, 0.717) is 12.4 Å². The number of piperidine rings is 1. The third kappa shape index (κ3) is 5.26. The minimum atomic E-state index is -0.527. The number of likely N-dealkylation sites (tertiary alicyclic amines) is 1. The number of aromatic nitrogens is 1. The van der Waals surface area contributed by atoms with E-state index in [1.807, 2.05) is 19.1 Å². The molecule has 2 heterocycles. The smallest absolute Gasteiger partial charge is 0.311 e. The average Bonchev–Trinajstić information content (AvgIpc) is 2.70. The molecule has 0 unspecified atom stereocenters. The highest BCUT2D eigenvalue weighted by atomic mass is 16.6. The van der Waals surface area contributed by atoms with Crippen molar-refractivity contribution in [3.05, 3.63) is 46.0 Å². The number of methoxy groups -OCH3 is 1. The first-order chi connectivity index (χ1) is 14.0. The predicted octanol–water partition coefficient (Wildman–Crippen LogP) is 3.06. The number of hydrogen-bond donors (Lipinski definition) is 2. The Kier molecular flexibility index (Phi) is 6.71. The molecule has 0 spiro atoms. The summed E-state index contributed by atoms with van der Waals surface area (Å²) in [4.78, 5) is 16.8. The van der Waals surface area contributed by atoms with Gasteiger partial charge in [-0.1, -0.05) is 6.07 Å². The first-order valence-corrected chi connectivity index (χ1v) is 9.69. The maximum absolute atomic E-state index is 10.8. The van der Waals surface area contributed by atoms with Gasteiger partial charge in [-0.25, -0.2) is 4.98 Å². The largest absolute Gasteiger partial charge is 0.493 e. The Morgan fingerprint density at radius 1 is 1.28 bits per heavy atom. The molecule has 1 fully saturated rings.